The van der Waals surface area contributed by atoms with Gasteiger partial charge in [-0.3, -0.25) is 4.98 Å². The number of unbranched alkanes of at least 4 members (excludes halogenated alkanes) is 1. The fraction of sp³-hybridized carbons (Fsp3) is 0.444. The number of halogens is 1. The second kappa shape index (κ2) is 5.70. The lowest BCUT2D eigenvalue weighted by Gasteiger charge is -2.02. The van der Waals surface area contributed by atoms with Crippen molar-refractivity contribution in [2.24, 2.45) is 0 Å². The molecule has 0 spiro atoms. The van der Waals surface area contributed by atoms with E-state index in [1.54, 1.807) is 0 Å². The first kappa shape index (κ1) is 11.1. The molecule has 4 nitrogen and oxygen atoms in total. The van der Waals surface area contributed by atoms with Crippen molar-refractivity contribution in [1.29, 1.82) is 0 Å². The van der Waals surface area contributed by atoms with E-state index in [2.05, 4.69) is 25.9 Å². The Morgan fingerprint density at radius 2 is 2.36 bits per heavy atom. The van der Waals surface area contributed by atoms with Gasteiger partial charge in [0.1, 0.15) is 4.60 Å². The van der Waals surface area contributed by atoms with E-state index >= 15 is 0 Å². The van der Waals surface area contributed by atoms with Gasteiger partial charge in [-0.2, -0.15) is 0 Å². The Bertz CT molecular complexity index is 317. The van der Waals surface area contributed by atoms with Crippen LogP contribution in [0.5, 0.6) is 0 Å². The van der Waals surface area contributed by atoms with E-state index in [0.29, 0.717) is 11.2 Å². The predicted octanol–water partition coefficient (Wildman–Crippen LogP) is 2.20. The van der Waals surface area contributed by atoms with Crippen LogP contribution in [0.25, 0.3) is 0 Å². The summed E-state index contributed by atoms with van der Waals surface area (Å²) in [5, 5.41) is 0. The summed E-state index contributed by atoms with van der Waals surface area (Å²) < 4.78 is 5.49. The number of carbonyl (C=O) groups excluding carboxylic acids is 1. The molecule has 0 saturated carbocycles. The summed E-state index contributed by atoms with van der Waals surface area (Å²) in [4.78, 5) is 19.1. The number of hydrogen-bond donors (Lipinski definition) is 0. The van der Waals surface area contributed by atoms with Gasteiger partial charge >= 0.3 is 5.97 Å². The van der Waals surface area contributed by atoms with Gasteiger partial charge in [0.2, 0.25) is 0 Å². The molecule has 0 atom stereocenters. The molecule has 0 fully saturated rings. The molecule has 14 heavy (non-hydrogen) atoms. The number of rotatable bonds is 4. The van der Waals surface area contributed by atoms with Crippen molar-refractivity contribution < 1.29 is 9.53 Å². The van der Waals surface area contributed by atoms with Crippen LogP contribution in [0.4, 0.5) is 0 Å². The van der Waals surface area contributed by atoms with E-state index in [-0.39, 0.29) is 5.69 Å². The first-order chi connectivity index (χ1) is 6.74. The van der Waals surface area contributed by atoms with Crippen molar-refractivity contribution in [2.75, 3.05) is 6.61 Å². The minimum Gasteiger partial charge on any atom is -0.461 e. The molecule has 76 valence electrons. The van der Waals surface area contributed by atoms with E-state index < -0.39 is 5.97 Å². The lowest BCUT2D eigenvalue weighted by Crippen LogP contribution is -2.08. The largest absolute Gasteiger partial charge is 0.461 e. The summed E-state index contributed by atoms with van der Waals surface area (Å²) in [6.45, 7) is 2.47. The first-order valence-corrected chi connectivity index (χ1v) is 5.18. The van der Waals surface area contributed by atoms with Crippen molar-refractivity contribution in [3.8, 4) is 0 Å². The van der Waals surface area contributed by atoms with E-state index in [1.165, 1.54) is 12.4 Å². The highest BCUT2D eigenvalue weighted by molar-refractivity contribution is 9.10. The maximum Gasteiger partial charge on any atom is 0.358 e. The molecule has 1 heterocycles. The highest BCUT2D eigenvalue weighted by Gasteiger charge is 2.08. The van der Waals surface area contributed by atoms with Crippen molar-refractivity contribution >= 4 is 21.9 Å². The molecule has 1 aromatic heterocycles. The summed E-state index contributed by atoms with van der Waals surface area (Å²) in [7, 11) is 0. The second-order valence-corrected chi connectivity index (χ2v) is 3.53. The smallest absolute Gasteiger partial charge is 0.358 e. The fourth-order valence-corrected chi connectivity index (χ4v) is 1.13. The van der Waals surface area contributed by atoms with Crippen molar-refractivity contribution in [1.82, 2.24) is 9.97 Å². The zero-order chi connectivity index (χ0) is 10.4. The number of nitrogens with zero attached hydrogens (tertiary/aromatic N) is 2. The number of carbonyl (C=O) groups is 1. The Morgan fingerprint density at radius 3 is 3.00 bits per heavy atom. The van der Waals surface area contributed by atoms with Crippen molar-refractivity contribution in [3.05, 3.63) is 22.7 Å². The Hall–Kier alpha value is -0.970. The quantitative estimate of drug-likeness (QED) is 0.614. The number of hydrogen-bond acceptors (Lipinski definition) is 4. The van der Waals surface area contributed by atoms with Gasteiger partial charge in [0, 0.05) is 0 Å². The summed E-state index contributed by atoms with van der Waals surface area (Å²) in [6.07, 6.45) is 4.77. The van der Waals surface area contributed by atoms with Crippen LogP contribution in [0.15, 0.2) is 17.0 Å². The minimum atomic E-state index is -0.424. The third-order valence-electron chi connectivity index (χ3n) is 1.55. The van der Waals surface area contributed by atoms with E-state index in [1.807, 2.05) is 6.92 Å². The Kier molecular flexibility index (Phi) is 4.52. The van der Waals surface area contributed by atoms with Crippen LogP contribution in [0, 0.1) is 0 Å². The molecule has 0 amide bonds. The molecule has 0 unspecified atom stereocenters. The second-order valence-electron chi connectivity index (χ2n) is 2.72. The Balaban J connectivity index is 2.52. The predicted molar refractivity (Wildman–Crippen MR) is 54.9 cm³/mol. The summed E-state index contributed by atoms with van der Waals surface area (Å²) in [5.41, 5.74) is 0.232. The van der Waals surface area contributed by atoms with Gasteiger partial charge < -0.3 is 4.74 Å². The molecule has 0 saturated heterocycles. The van der Waals surface area contributed by atoms with Crippen LogP contribution in [-0.4, -0.2) is 22.5 Å². The molecule has 0 aromatic carbocycles. The van der Waals surface area contributed by atoms with Crippen LogP contribution < -0.4 is 0 Å². The maximum atomic E-state index is 11.3. The third-order valence-corrected chi connectivity index (χ3v) is 1.93. The van der Waals surface area contributed by atoms with Crippen LogP contribution in [0.3, 0.4) is 0 Å². The Labute approximate surface area is 90.8 Å². The first-order valence-electron chi connectivity index (χ1n) is 4.38. The molecule has 0 radical (unpaired) electrons. The molecular weight excluding hydrogens is 248 g/mol. The van der Waals surface area contributed by atoms with E-state index in [9.17, 15) is 4.79 Å². The monoisotopic (exact) mass is 258 g/mol. The van der Waals surface area contributed by atoms with Crippen LogP contribution in [0.1, 0.15) is 30.3 Å². The van der Waals surface area contributed by atoms with Gasteiger partial charge in [0.05, 0.1) is 19.0 Å². The van der Waals surface area contributed by atoms with Gasteiger partial charge in [-0.25, -0.2) is 9.78 Å². The zero-order valence-electron chi connectivity index (χ0n) is 7.86. The van der Waals surface area contributed by atoms with Gasteiger partial charge in [0.15, 0.2) is 5.69 Å². The minimum absolute atomic E-state index is 0.232. The highest BCUT2D eigenvalue weighted by Crippen LogP contribution is 2.05. The summed E-state index contributed by atoms with van der Waals surface area (Å²) >= 11 is 3.13. The molecule has 0 aliphatic carbocycles. The lowest BCUT2D eigenvalue weighted by atomic mass is 10.4. The van der Waals surface area contributed by atoms with Gasteiger partial charge in [0.25, 0.3) is 0 Å². The average Bonchev–Trinajstić information content (AvgIpc) is 2.18. The highest BCUT2D eigenvalue weighted by atomic mass is 79.9. The summed E-state index contributed by atoms with van der Waals surface area (Å²) in [5.74, 6) is -0.424. The Morgan fingerprint density at radius 1 is 1.57 bits per heavy atom. The molecule has 0 aliphatic rings. The topological polar surface area (TPSA) is 52.1 Å². The average molecular weight is 259 g/mol. The molecule has 1 rings (SSSR count). The molecule has 0 N–H and O–H groups in total. The van der Waals surface area contributed by atoms with E-state index in [4.69, 9.17) is 4.74 Å². The van der Waals surface area contributed by atoms with Crippen LogP contribution in [0.2, 0.25) is 0 Å². The molecule has 1 aromatic rings. The summed E-state index contributed by atoms with van der Waals surface area (Å²) in [6, 6.07) is 0. The lowest BCUT2D eigenvalue weighted by molar-refractivity contribution is 0.0492. The van der Waals surface area contributed by atoms with Crippen LogP contribution >= 0.6 is 15.9 Å². The number of aromatic nitrogens is 2. The molecule has 0 aliphatic heterocycles. The molecule has 0 bridgehead atoms. The van der Waals surface area contributed by atoms with Crippen LogP contribution in [-0.2, 0) is 4.74 Å². The number of esters is 1. The number of ether oxygens (including phenoxy) is 1. The van der Waals surface area contributed by atoms with Crippen molar-refractivity contribution in [3.63, 3.8) is 0 Å². The van der Waals surface area contributed by atoms with Crippen molar-refractivity contribution in [2.45, 2.75) is 19.8 Å². The molecular formula is C9H11BrN2O2. The SMILES string of the molecule is CCCCOC(=O)c1cncc(Br)n1. The standard InChI is InChI=1S/C9H11BrN2O2/c1-2-3-4-14-9(13)7-5-11-6-8(10)12-7/h5-6H,2-4H2,1H3. The maximum absolute atomic E-state index is 11.3. The van der Waals surface area contributed by atoms with Gasteiger partial charge in [-0.15, -0.1) is 0 Å². The normalized spacial score (nSPS) is 9.86. The third kappa shape index (κ3) is 3.41. The fourth-order valence-electron chi connectivity index (χ4n) is 0.824. The molecule has 5 heteroatoms. The van der Waals surface area contributed by atoms with Gasteiger partial charge in [-0.05, 0) is 22.4 Å². The van der Waals surface area contributed by atoms with Gasteiger partial charge in [-0.1, -0.05) is 13.3 Å². The zero-order valence-corrected chi connectivity index (χ0v) is 9.45. The van der Waals surface area contributed by atoms with E-state index in [0.717, 1.165) is 12.8 Å².